The van der Waals surface area contributed by atoms with Gasteiger partial charge in [0.25, 0.3) is 17.9 Å². The van der Waals surface area contributed by atoms with Gasteiger partial charge in [0.1, 0.15) is 4.34 Å². The Bertz CT molecular complexity index is 792. The molecule has 2 rings (SSSR count). The van der Waals surface area contributed by atoms with E-state index in [2.05, 4.69) is 5.32 Å². The van der Waals surface area contributed by atoms with Crippen molar-refractivity contribution in [3.63, 3.8) is 0 Å². The van der Waals surface area contributed by atoms with Crippen molar-refractivity contribution < 1.29 is 18.0 Å². The summed E-state index contributed by atoms with van der Waals surface area (Å²) in [6.07, 6.45) is -0.0518. The van der Waals surface area contributed by atoms with E-state index >= 15 is 0 Å². The van der Waals surface area contributed by atoms with Crippen LogP contribution in [0.1, 0.15) is 9.67 Å². The van der Waals surface area contributed by atoms with Gasteiger partial charge in [0.2, 0.25) is 0 Å². The molecule has 0 unspecified atom stereocenters. The second-order valence-electron chi connectivity index (χ2n) is 4.33. The van der Waals surface area contributed by atoms with Crippen molar-refractivity contribution in [2.45, 2.75) is 17.9 Å². The van der Waals surface area contributed by atoms with Gasteiger partial charge >= 0.3 is 0 Å². The number of carbonyl (C=O) groups excluding carboxylic acids is 1. The smallest absolute Gasteiger partial charge is 0.286 e. The van der Waals surface area contributed by atoms with Gasteiger partial charge in [0.15, 0.2) is 5.82 Å². The second-order valence-corrected chi connectivity index (χ2v) is 6.83. The van der Waals surface area contributed by atoms with Crippen molar-refractivity contribution in [3.05, 3.63) is 43.7 Å². The van der Waals surface area contributed by atoms with Gasteiger partial charge in [-0.2, -0.15) is 0 Å². The maximum atomic E-state index is 13.5. The zero-order valence-electron chi connectivity index (χ0n) is 11.6. The van der Waals surface area contributed by atoms with Gasteiger partial charge < -0.3 is 9.88 Å². The summed E-state index contributed by atoms with van der Waals surface area (Å²) in [6, 6.07) is 2.35. The molecule has 0 saturated heterocycles. The van der Waals surface area contributed by atoms with E-state index in [1.807, 2.05) is 0 Å². The lowest BCUT2D eigenvalue weighted by Crippen LogP contribution is -2.26. The Morgan fingerprint density at radius 2 is 2.17 bits per heavy atom. The van der Waals surface area contributed by atoms with Crippen LogP contribution in [-0.4, -0.2) is 23.2 Å². The third kappa shape index (κ3) is 4.30. The molecule has 0 aliphatic heterocycles. The lowest BCUT2D eigenvalue weighted by atomic mass is 10.3. The molecule has 0 aromatic carbocycles. The maximum absolute atomic E-state index is 13.5. The highest BCUT2D eigenvalue weighted by molar-refractivity contribution is 7.98. The highest BCUT2D eigenvalue weighted by Gasteiger charge is 2.16. The number of halogens is 4. The zero-order valence-corrected chi connectivity index (χ0v) is 14.0. The first-order valence-corrected chi connectivity index (χ1v) is 8.56. The fourth-order valence-electron chi connectivity index (χ4n) is 1.75. The van der Waals surface area contributed by atoms with E-state index in [0.717, 1.165) is 28.5 Å². The molecule has 0 aliphatic rings. The number of hydrogen-bond donors (Lipinski definition) is 1. The van der Waals surface area contributed by atoms with Crippen LogP contribution in [0.5, 0.6) is 0 Å². The molecule has 0 atom stereocenters. The van der Waals surface area contributed by atoms with Crippen LogP contribution < -0.4 is 10.9 Å². The summed E-state index contributed by atoms with van der Waals surface area (Å²) in [7, 11) is 0. The molecule has 0 bridgehead atoms. The van der Waals surface area contributed by atoms with Gasteiger partial charge in [-0.15, -0.1) is 23.1 Å². The second kappa shape index (κ2) is 7.41. The van der Waals surface area contributed by atoms with Crippen molar-refractivity contribution in [1.29, 1.82) is 0 Å². The first-order valence-electron chi connectivity index (χ1n) is 6.14. The normalized spacial score (nSPS) is 11.0. The number of thioether (sulfide) groups is 1. The van der Waals surface area contributed by atoms with Crippen molar-refractivity contribution in [2.24, 2.45) is 0 Å². The van der Waals surface area contributed by atoms with Gasteiger partial charge in [-0.05, 0) is 12.3 Å². The Labute approximate surface area is 142 Å². The number of nitrogens with zero attached hydrogens (tertiary/aromatic N) is 1. The molecule has 10 heteroatoms. The van der Waals surface area contributed by atoms with E-state index in [1.54, 1.807) is 12.3 Å². The molecule has 4 nitrogen and oxygen atoms in total. The summed E-state index contributed by atoms with van der Waals surface area (Å²) in [6.45, 7) is -0.957. The van der Waals surface area contributed by atoms with Crippen molar-refractivity contribution in [1.82, 2.24) is 4.57 Å². The van der Waals surface area contributed by atoms with E-state index in [1.165, 1.54) is 11.8 Å². The number of carbonyl (C=O) groups is 1. The molecule has 2 aromatic rings. The summed E-state index contributed by atoms with van der Waals surface area (Å²) < 4.78 is 39.3. The third-order valence-electron chi connectivity index (χ3n) is 2.73. The summed E-state index contributed by atoms with van der Waals surface area (Å²) in [4.78, 5) is 24.5. The number of pyridine rings is 1. The molecule has 2 heterocycles. The van der Waals surface area contributed by atoms with E-state index in [4.69, 9.17) is 11.6 Å². The highest BCUT2D eigenvalue weighted by Crippen LogP contribution is 2.34. The predicted octanol–water partition coefficient (Wildman–Crippen LogP) is 3.94. The van der Waals surface area contributed by atoms with Crippen LogP contribution in [0.25, 0.3) is 0 Å². The first-order chi connectivity index (χ1) is 10.8. The summed E-state index contributed by atoms with van der Waals surface area (Å²) >= 11 is 8.35. The van der Waals surface area contributed by atoms with E-state index in [-0.39, 0.29) is 10.6 Å². The molecular formula is C13H10ClF3N2O2S2. The molecular weight excluding hydrogens is 373 g/mol. The lowest BCUT2D eigenvalue weighted by molar-refractivity contribution is 0.103. The van der Waals surface area contributed by atoms with Gasteiger partial charge in [-0.3, -0.25) is 9.59 Å². The predicted molar refractivity (Wildman–Crippen MR) is 85.7 cm³/mol. The van der Waals surface area contributed by atoms with E-state index < -0.39 is 30.3 Å². The van der Waals surface area contributed by atoms with Gasteiger partial charge in [-0.1, -0.05) is 11.6 Å². The van der Waals surface area contributed by atoms with Crippen LogP contribution in [0, 0.1) is 5.82 Å². The number of rotatable bonds is 5. The van der Waals surface area contributed by atoms with Crippen molar-refractivity contribution >= 4 is 46.3 Å². The number of amides is 1. The molecule has 2 aromatic heterocycles. The molecule has 124 valence electrons. The SMILES string of the molecule is CSc1cc(C(=O)Nc2cc(F)c(=O)n(CC(F)F)c2)sc1Cl. The molecule has 1 N–H and O–H groups in total. The minimum Gasteiger partial charge on any atom is -0.320 e. The van der Waals surface area contributed by atoms with Crippen LogP contribution in [0.2, 0.25) is 4.34 Å². The molecule has 0 aliphatic carbocycles. The van der Waals surface area contributed by atoms with E-state index in [9.17, 15) is 22.8 Å². The molecule has 0 saturated carbocycles. The lowest BCUT2D eigenvalue weighted by Gasteiger charge is -2.09. The average Bonchev–Trinajstić information content (AvgIpc) is 2.85. The van der Waals surface area contributed by atoms with E-state index in [0.29, 0.717) is 8.90 Å². The minimum absolute atomic E-state index is 0.0945. The molecule has 23 heavy (non-hydrogen) atoms. The molecule has 0 radical (unpaired) electrons. The number of thiophene rings is 1. The Morgan fingerprint density at radius 1 is 1.48 bits per heavy atom. The van der Waals surface area contributed by atoms with Crippen molar-refractivity contribution in [3.8, 4) is 0 Å². The molecule has 0 spiro atoms. The molecule has 1 amide bonds. The highest BCUT2D eigenvalue weighted by atomic mass is 35.5. The Morgan fingerprint density at radius 3 is 2.74 bits per heavy atom. The van der Waals surface area contributed by atoms with Gasteiger partial charge in [0, 0.05) is 17.2 Å². The Hall–Kier alpha value is -1.45. The Kier molecular flexibility index (Phi) is 5.77. The molecule has 0 fully saturated rings. The monoisotopic (exact) mass is 382 g/mol. The quantitative estimate of drug-likeness (QED) is 0.797. The topological polar surface area (TPSA) is 51.1 Å². The van der Waals surface area contributed by atoms with Crippen LogP contribution in [0.4, 0.5) is 18.9 Å². The summed E-state index contributed by atoms with van der Waals surface area (Å²) in [5, 5.41) is 2.36. The fraction of sp³-hybridized carbons (Fsp3) is 0.231. The van der Waals surface area contributed by atoms with Crippen molar-refractivity contribution in [2.75, 3.05) is 11.6 Å². The number of nitrogens with one attached hydrogen (secondary N) is 1. The van der Waals surface area contributed by atoms with Crippen LogP contribution in [0.3, 0.4) is 0 Å². The standard InChI is InChI=1S/C13H10ClF3N2O2S2/c1-22-8-3-9(23-11(8)14)12(20)18-6-2-7(15)13(21)19(4-6)5-10(16)17/h2-4,10H,5H2,1H3,(H,18,20). The van der Waals surface area contributed by atoms with Crippen LogP contribution >= 0.6 is 34.7 Å². The fourth-order valence-corrected chi connectivity index (χ4v) is 3.80. The number of hydrogen-bond acceptors (Lipinski definition) is 4. The average molecular weight is 383 g/mol. The summed E-state index contributed by atoms with van der Waals surface area (Å²) in [5.74, 6) is -1.80. The zero-order chi connectivity index (χ0) is 17.1. The summed E-state index contributed by atoms with van der Waals surface area (Å²) in [5.41, 5.74) is -1.27. The first kappa shape index (κ1) is 17.9. The number of aromatic nitrogens is 1. The largest absolute Gasteiger partial charge is 0.320 e. The van der Waals surface area contributed by atoms with Crippen LogP contribution in [0.15, 0.2) is 28.0 Å². The van der Waals surface area contributed by atoms with Gasteiger partial charge in [0.05, 0.1) is 17.1 Å². The number of alkyl halides is 2. The number of anilines is 1. The Balaban J connectivity index is 2.26. The maximum Gasteiger partial charge on any atom is 0.286 e. The van der Waals surface area contributed by atoms with Gasteiger partial charge in [-0.25, -0.2) is 13.2 Å². The van der Waals surface area contributed by atoms with Crippen LogP contribution in [-0.2, 0) is 6.54 Å². The minimum atomic E-state index is -2.82. The third-order valence-corrected chi connectivity index (χ3v) is 5.09.